The standard InChI is InChI=1S/C19H17N.C2H6/c1-15(20-14-16-8-3-2-4-9-16)18-13-7-11-17-10-5-6-12-19(17)18;1-2/h2-13H,14H2,1H3;1-2H3. The van der Waals surface area contributed by atoms with Crippen molar-refractivity contribution in [3.05, 3.63) is 83.9 Å². The van der Waals surface area contributed by atoms with Crippen LogP contribution in [0.5, 0.6) is 0 Å². The first-order valence-corrected chi connectivity index (χ1v) is 7.88. The molecule has 0 aliphatic rings. The first-order chi connectivity index (χ1) is 10.8. The lowest BCUT2D eigenvalue weighted by atomic mass is 10.0. The highest BCUT2D eigenvalue weighted by molar-refractivity contribution is 6.09. The second kappa shape index (κ2) is 8.14. The van der Waals surface area contributed by atoms with E-state index in [4.69, 9.17) is 4.99 Å². The van der Waals surface area contributed by atoms with Crippen molar-refractivity contribution in [2.75, 3.05) is 0 Å². The zero-order valence-electron chi connectivity index (χ0n) is 13.6. The van der Waals surface area contributed by atoms with E-state index in [0.717, 1.165) is 12.3 Å². The minimum atomic E-state index is 0.732. The molecule has 0 aliphatic carbocycles. The molecular weight excluding hydrogens is 266 g/mol. The first kappa shape index (κ1) is 16.0. The van der Waals surface area contributed by atoms with Crippen LogP contribution < -0.4 is 0 Å². The molecule has 0 atom stereocenters. The van der Waals surface area contributed by atoms with Crippen molar-refractivity contribution in [3.8, 4) is 0 Å². The Bertz CT molecular complexity index is 737. The molecule has 0 N–H and O–H groups in total. The largest absolute Gasteiger partial charge is 0.285 e. The van der Waals surface area contributed by atoms with Crippen molar-refractivity contribution >= 4 is 16.5 Å². The Morgan fingerprint density at radius 1 is 0.773 bits per heavy atom. The summed E-state index contributed by atoms with van der Waals surface area (Å²) in [6.07, 6.45) is 0. The van der Waals surface area contributed by atoms with E-state index in [1.807, 2.05) is 19.9 Å². The second-order valence-electron chi connectivity index (χ2n) is 4.91. The summed E-state index contributed by atoms with van der Waals surface area (Å²) in [6, 6.07) is 25.2. The summed E-state index contributed by atoms with van der Waals surface area (Å²) < 4.78 is 0. The highest BCUT2D eigenvalue weighted by Crippen LogP contribution is 2.19. The van der Waals surface area contributed by atoms with E-state index in [-0.39, 0.29) is 0 Å². The van der Waals surface area contributed by atoms with Crippen LogP contribution in [0.4, 0.5) is 0 Å². The van der Waals surface area contributed by atoms with Crippen LogP contribution in [0.15, 0.2) is 77.8 Å². The van der Waals surface area contributed by atoms with Crippen LogP contribution in [-0.4, -0.2) is 5.71 Å². The highest BCUT2D eigenvalue weighted by Gasteiger charge is 2.02. The van der Waals surface area contributed by atoms with Crippen LogP contribution in [0.3, 0.4) is 0 Å². The summed E-state index contributed by atoms with van der Waals surface area (Å²) >= 11 is 0. The molecule has 0 spiro atoms. The van der Waals surface area contributed by atoms with Crippen molar-refractivity contribution in [2.24, 2.45) is 4.99 Å². The lowest BCUT2D eigenvalue weighted by Gasteiger charge is -2.06. The van der Waals surface area contributed by atoms with Crippen molar-refractivity contribution in [1.82, 2.24) is 0 Å². The smallest absolute Gasteiger partial charge is 0.0643 e. The summed E-state index contributed by atoms with van der Waals surface area (Å²) in [5, 5.41) is 2.53. The summed E-state index contributed by atoms with van der Waals surface area (Å²) in [4.78, 5) is 4.73. The summed E-state index contributed by atoms with van der Waals surface area (Å²) in [5.41, 5.74) is 3.55. The number of aliphatic imine (C=N–C) groups is 1. The van der Waals surface area contributed by atoms with E-state index in [0.29, 0.717) is 0 Å². The van der Waals surface area contributed by atoms with Crippen LogP contribution in [0.25, 0.3) is 10.8 Å². The number of rotatable bonds is 3. The lowest BCUT2D eigenvalue weighted by molar-refractivity contribution is 1.07. The molecule has 0 amide bonds. The molecule has 1 heteroatoms. The molecule has 22 heavy (non-hydrogen) atoms. The molecule has 3 aromatic carbocycles. The highest BCUT2D eigenvalue weighted by atomic mass is 14.7. The fourth-order valence-electron chi connectivity index (χ4n) is 2.42. The Hall–Kier alpha value is -2.41. The number of hydrogen-bond donors (Lipinski definition) is 0. The summed E-state index contributed by atoms with van der Waals surface area (Å²) in [7, 11) is 0. The van der Waals surface area contributed by atoms with Crippen LogP contribution in [0.1, 0.15) is 31.9 Å². The average Bonchev–Trinajstić information content (AvgIpc) is 2.62. The normalized spacial score (nSPS) is 11.0. The maximum absolute atomic E-state index is 4.73. The van der Waals surface area contributed by atoms with Crippen molar-refractivity contribution in [2.45, 2.75) is 27.3 Å². The molecule has 112 valence electrons. The van der Waals surface area contributed by atoms with Gasteiger partial charge in [0.25, 0.3) is 0 Å². The molecule has 0 saturated carbocycles. The Morgan fingerprint density at radius 3 is 2.18 bits per heavy atom. The maximum Gasteiger partial charge on any atom is 0.0643 e. The third-order valence-electron chi connectivity index (χ3n) is 3.52. The number of hydrogen-bond acceptors (Lipinski definition) is 1. The molecule has 0 unspecified atom stereocenters. The fraction of sp³-hybridized carbons (Fsp3) is 0.190. The van der Waals surface area contributed by atoms with Gasteiger partial charge in [-0.1, -0.05) is 86.6 Å². The maximum atomic E-state index is 4.73. The SMILES string of the molecule is CC.CC(=NCc1ccccc1)c1cccc2ccccc12. The number of nitrogens with zero attached hydrogens (tertiary/aromatic N) is 1. The van der Waals surface area contributed by atoms with Gasteiger partial charge in [-0.05, 0) is 23.3 Å². The molecular formula is C21H23N. The van der Waals surface area contributed by atoms with Gasteiger partial charge in [-0.2, -0.15) is 0 Å². The van der Waals surface area contributed by atoms with Crippen LogP contribution in [0, 0.1) is 0 Å². The molecule has 0 aliphatic heterocycles. The molecule has 0 heterocycles. The second-order valence-corrected chi connectivity index (χ2v) is 4.91. The molecule has 0 radical (unpaired) electrons. The van der Waals surface area contributed by atoms with E-state index in [1.165, 1.54) is 21.9 Å². The molecule has 0 fully saturated rings. The van der Waals surface area contributed by atoms with Crippen LogP contribution in [-0.2, 0) is 6.54 Å². The van der Waals surface area contributed by atoms with Gasteiger partial charge in [0.2, 0.25) is 0 Å². The van der Waals surface area contributed by atoms with E-state index in [2.05, 4.69) is 73.7 Å². The van der Waals surface area contributed by atoms with Crippen molar-refractivity contribution in [1.29, 1.82) is 0 Å². The third-order valence-corrected chi connectivity index (χ3v) is 3.52. The van der Waals surface area contributed by atoms with Gasteiger partial charge in [-0.3, -0.25) is 4.99 Å². The lowest BCUT2D eigenvalue weighted by Crippen LogP contribution is -1.97. The monoisotopic (exact) mass is 289 g/mol. The predicted molar refractivity (Wildman–Crippen MR) is 97.7 cm³/mol. The number of fused-ring (bicyclic) bond motifs is 1. The Morgan fingerprint density at radius 2 is 1.41 bits per heavy atom. The molecule has 0 saturated heterocycles. The zero-order chi connectivity index (χ0) is 15.8. The minimum Gasteiger partial charge on any atom is -0.285 e. The van der Waals surface area contributed by atoms with Gasteiger partial charge in [-0.15, -0.1) is 0 Å². The Kier molecular flexibility index (Phi) is 5.91. The van der Waals surface area contributed by atoms with Gasteiger partial charge in [0.15, 0.2) is 0 Å². The molecule has 3 aromatic rings. The van der Waals surface area contributed by atoms with Crippen molar-refractivity contribution in [3.63, 3.8) is 0 Å². The topological polar surface area (TPSA) is 12.4 Å². The van der Waals surface area contributed by atoms with Gasteiger partial charge < -0.3 is 0 Å². The van der Waals surface area contributed by atoms with E-state index in [1.54, 1.807) is 0 Å². The summed E-state index contributed by atoms with van der Waals surface area (Å²) in [6.45, 7) is 6.82. The zero-order valence-corrected chi connectivity index (χ0v) is 13.6. The quantitative estimate of drug-likeness (QED) is 0.534. The Balaban J connectivity index is 0.000000847. The predicted octanol–water partition coefficient (Wildman–Crippen LogP) is 5.88. The van der Waals surface area contributed by atoms with Gasteiger partial charge in [0.1, 0.15) is 0 Å². The minimum absolute atomic E-state index is 0.732. The van der Waals surface area contributed by atoms with Gasteiger partial charge in [-0.25, -0.2) is 0 Å². The van der Waals surface area contributed by atoms with Gasteiger partial charge in [0.05, 0.1) is 6.54 Å². The van der Waals surface area contributed by atoms with Crippen LogP contribution >= 0.6 is 0 Å². The third kappa shape index (κ3) is 3.82. The van der Waals surface area contributed by atoms with Gasteiger partial charge >= 0.3 is 0 Å². The molecule has 1 nitrogen and oxygen atoms in total. The van der Waals surface area contributed by atoms with E-state index < -0.39 is 0 Å². The van der Waals surface area contributed by atoms with Gasteiger partial charge in [0, 0.05) is 11.3 Å². The fourth-order valence-corrected chi connectivity index (χ4v) is 2.42. The average molecular weight is 289 g/mol. The molecule has 0 bridgehead atoms. The van der Waals surface area contributed by atoms with E-state index in [9.17, 15) is 0 Å². The van der Waals surface area contributed by atoms with E-state index >= 15 is 0 Å². The van der Waals surface area contributed by atoms with Crippen molar-refractivity contribution < 1.29 is 0 Å². The summed E-state index contributed by atoms with van der Waals surface area (Å²) in [5.74, 6) is 0. The first-order valence-electron chi connectivity index (χ1n) is 7.88. The van der Waals surface area contributed by atoms with Crippen LogP contribution in [0.2, 0.25) is 0 Å². The molecule has 3 rings (SSSR count). The Labute approximate surface area is 133 Å². The number of benzene rings is 3. The molecule has 0 aromatic heterocycles.